The van der Waals surface area contributed by atoms with Gasteiger partial charge in [-0.05, 0) is 81.3 Å². The standard InChI is InChI=1S/C32H32ClF4N3O4S/c1-20(29-25(33)9-6-10-26(29)34)15-21-11-12-27-28(16-21)40(45(42,43)24-8-5-7-22(17-24)32(35,36)37)19-23-18-38(13-14-39(23)27)30(41)44-31(2,3)4/h5-12,15-17,23H,13-14,18-19H2,1-4H3/b20-15+/t23-/m0/s1. The summed E-state index contributed by atoms with van der Waals surface area (Å²) in [7, 11) is -4.52. The molecule has 0 spiro atoms. The number of fused-ring (bicyclic) bond motifs is 3. The summed E-state index contributed by atoms with van der Waals surface area (Å²) in [5.41, 5.74) is 0.167. The third kappa shape index (κ3) is 6.76. The molecule has 13 heteroatoms. The van der Waals surface area contributed by atoms with Gasteiger partial charge in [0.15, 0.2) is 0 Å². The lowest BCUT2D eigenvalue weighted by Gasteiger charge is -2.49. The summed E-state index contributed by atoms with van der Waals surface area (Å²) < 4.78 is 90.1. The number of carbonyl (C=O) groups is 1. The van der Waals surface area contributed by atoms with Gasteiger partial charge in [0.1, 0.15) is 11.4 Å². The van der Waals surface area contributed by atoms with Crippen molar-refractivity contribution in [3.05, 3.63) is 88.2 Å². The van der Waals surface area contributed by atoms with Crippen LogP contribution in [-0.2, 0) is 20.9 Å². The molecule has 5 rings (SSSR count). The Morgan fingerprint density at radius 3 is 2.36 bits per heavy atom. The van der Waals surface area contributed by atoms with Gasteiger partial charge in [0.25, 0.3) is 10.0 Å². The number of nitrogens with zero attached hydrogens (tertiary/aromatic N) is 3. The van der Waals surface area contributed by atoms with E-state index in [1.165, 1.54) is 17.0 Å². The van der Waals surface area contributed by atoms with Gasteiger partial charge >= 0.3 is 12.3 Å². The summed E-state index contributed by atoms with van der Waals surface area (Å²) in [6.07, 6.45) is -3.63. The summed E-state index contributed by atoms with van der Waals surface area (Å²) in [6.45, 7) is 7.59. The van der Waals surface area contributed by atoms with E-state index in [-0.39, 0.29) is 29.4 Å². The number of hydrogen-bond donors (Lipinski definition) is 0. The zero-order valence-corrected chi connectivity index (χ0v) is 26.6. The predicted molar refractivity (Wildman–Crippen MR) is 166 cm³/mol. The average molecular weight is 666 g/mol. The van der Waals surface area contributed by atoms with Gasteiger partial charge in [-0.2, -0.15) is 13.2 Å². The number of rotatable bonds is 4. The van der Waals surface area contributed by atoms with Gasteiger partial charge in [-0.1, -0.05) is 35.9 Å². The van der Waals surface area contributed by atoms with E-state index in [1.807, 2.05) is 4.90 Å². The Kier molecular flexibility index (Phi) is 8.60. The monoisotopic (exact) mass is 665 g/mol. The number of carbonyl (C=O) groups excluding carboxylic acids is 1. The molecule has 0 radical (unpaired) electrons. The quantitative estimate of drug-likeness (QED) is 0.211. The van der Waals surface area contributed by atoms with Gasteiger partial charge in [-0.25, -0.2) is 17.6 Å². The number of benzene rings is 3. The molecule has 2 heterocycles. The maximum atomic E-state index is 14.6. The van der Waals surface area contributed by atoms with Crippen molar-refractivity contribution in [2.75, 3.05) is 35.4 Å². The Labute approximate surface area is 264 Å². The number of halogens is 5. The summed E-state index contributed by atoms with van der Waals surface area (Å²) in [6, 6.07) is 12.5. The highest BCUT2D eigenvalue weighted by Gasteiger charge is 2.42. The molecule has 1 fully saturated rings. The van der Waals surface area contributed by atoms with E-state index in [2.05, 4.69) is 0 Å². The van der Waals surface area contributed by atoms with Crippen molar-refractivity contribution < 1.29 is 35.5 Å². The molecule has 7 nitrogen and oxygen atoms in total. The molecule has 2 aliphatic rings. The van der Waals surface area contributed by atoms with Crippen LogP contribution in [-0.4, -0.2) is 57.2 Å². The highest BCUT2D eigenvalue weighted by atomic mass is 35.5. The van der Waals surface area contributed by atoms with Crippen LogP contribution in [0, 0.1) is 5.82 Å². The van der Waals surface area contributed by atoms with E-state index in [1.54, 1.807) is 58.0 Å². The van der Waals surface area contributed by atoms with Crippen LogP contribution < -0.4 is 9.21 Å². The van der Waals surface area contributed by atoms with E-state index in [9.17, 15) is 30.8 Å². The molecule has 45 heavy (non-hydrogen) atoms. The molecule has 1 atom stereocenters. The highest BCUT2D eigenvalue weighted by Crippen LogP contribution is 2.42. The molecule has 0 saturated carbocycles. The number of ether oxygens (including phenoxy) is 1. The van der Waals surface area contributed by atoms with Crippen molar-refractivity contribution in [3.63, 3.8) is 0 Å². The first kappa shape index (κ1) is 32.6. The summed E-state index contributed by atoms with van der Waals surface area (Å²) >= 11 is 6.26. The molecule has 0 bridgehead atoms. The molecule has 3 aromatic carbocycles. The van der Waals surface area contributed by atoms with E-state index < -0.39 is 50.2 Å². The van der Waals surface area contributed by atoms with Crippen LogP contribution in [0.25, 0.3) is 11.6 Å². The van der Waals surface area contributed by atoms with Crippen LogP contribution in [0.4, 0.5) is 33.7 Å². The fourth-order valence-corrected chi connectivity index (χ4v) is 7.43. The molecule has 0 unspecified atom stereocenters. The Balaban J connectivity index is 1.59. The Hall–Kier alpha value is -3.77. The van der Waals surface area contributed by atoms with Gasteiger partial charge in [0.2, 0.25) is 0 Å². The highest BCUT2D eigenvalue weighted by molar-refractivity contribution is 7.92. The van der Waals surface area contributed by atoms with Crippen LogP contribution >= 0.6 is 11.6 Å². The lowest BCUT2D eigenvalue weighted by Crippen LogP contribution is -2.61. The average Bonchev–Trinajstić information content (AvgIpc) is 2.95. The summed E-state index contributed by atoms with van der Waals surface area (Å²) in [4.78, 5) is 15.9. The Bertz CT molecular complexity index is 1750. The normalized spacial score (nSPS) is 17.6. The van der Waals surface area contributed by atoms with Crippen molar-refractivity contribution >= 4 is 50.7 Å². The smallest absolute Gasteiger partial charge is 0.416 e. The molecule has 2 aliphatic heterocycles. The zero-order valence-electron chi connectivity index (χ0n) is 25.0. The van der Waals surface area contributed by atoms with Crippen LogP contribution in [0.15, 0.2) is 65.6 Å². The fourth-order valence-electron chi connectivity index (χ4n) is 5.57. The fraction of sp³-hybridized carbons (Fsp3) is 0.344. The third-order valence-electron chi connectivity index (χ3n) is 7.58. The van der Waals surface area contributed by atoms with Gasteiger partial charge in [0, 0.05) is 25.2 Å². The number of sulfonamides is 1. The van der Waals surface area contributed by atoms with E-state index in [0.29, 0.717) is 36.0 Å². The maximum Gasteiger partial charge on any atom is 0.416 e. The number of allylic oxidation sites excluding steroid dienone is 1. The molecular weight excluding hydrogens is 634 g/mol. The van der Waals surface area contributed by atoms with Crippen molar-refractivity contribution in [1.29, 1.82) is 0 Å². The number of amides is 1. The minimum Gasteiger partial charge on any atom is -0.444 e. The summed E-state index contributed by atoms with van der Waals surface area (Å²) in [5, 5.41) is 0.209. The van der Waals surface area contributed by atoms with Crippen molar-refractivity contribution in [2.24, 2.45) is 0 Å². The lowest BCUT2D eigenvalue weighted by molar-refractivity contribution is -0.137. The number of anilines is 2. The van der Waals surface area contributed by atoms with Gasteiger partial charge < -0.3 is 14.5 Å². The Morgan fingerprint density at radius 1 is 0.978 bits per heavy atom. The first-order valence-electron chi connectivity index (χ1n) is 14.2. The van der Waals surface area contributed by atoms with Crippen LogP contribution in [0.5, 0.6) is 0 Å². The molecule has 0 aliphatic carbocycles. The largest absolute Gasteiger partial charge is 0.444 e. The first-order valence-corrected chi connectivity index (χ1v) is 16.0. The van der Waals surface area contributed by atoms with E-state index >= 15 is 0 Å². The molecule has 1 saturated heterocycles. The molecule has 0 aromatic heterocycles. The van der Waals surface area contributed by atoms with Gasteiger partial charge in [-0.3, -0.25) is 4.31 Å². The van der Waals surface area contributed by atoms with Gasteiger partial charge in [-0.15, -0.1) is 0 Å². The zero-order chi connectivity index (χ0) is 32.9. The molecule has 1 amide bonds. The number of hydrogen-bond acceptors (Lipinski definition) is 5. The lowest BCUT2D eigenvalue weighted by atomic mass is 10.0. The second-order valence-corrected chi connectivity index (χ2v) is 14.3. The number of alkyl halides is 3. The molecular formula is C32H32ClF4N3O4S. The minimum absolute atomic E-state index is 0.134. The summed E-state index contributed by atoms with van der Waals surface area (Å²) in [5.74, 6) is -0.520. The third-order valence-corrected chi connectivity index (χ3v) is 9.67. The SMILES string of the molecule is C/C(=C\c1ccc2c(c1)N(S(=O)(=O)c1cccc(C(F)(F)F)c1)C[C@@H]1CN(C(=O)OC(C)(C)C)CCN21)c1c(F)cccc1Cl. The molecule has 240 valence electrons. The van der Waals surface area contributed by atoms with Crippen molar-refractivity contribution in [2.45, 2.75) is 50.4 Å². The van der Waals surface area contributed by atoms with Crippen molar-refractivity contribution in [1.82, 2.24) is 4.90 Å². The minimum atomic E-state index is -4.75. The Morgan fingerprint density at radius 2 is 1.69 bits per heavy atom. The van der Waals surface area contributed by atoms with Crippen molar-refractivity contribution in [3.8, 4) is 0 Å². The maximum absolute atomic E-state index is 14.6. The van der Waals surface area contributed by atoms with E-state index in [4.69, 9.17) is 16.3 Å². The second kappa shape index (κ2) is 11.9. The van der Waals surface area contributed by atoms with Gasteiger partial charge in [0.05, 0.1) is 39.4 Å². The number of piperazine rings is 1. The molecule has 3 aromatic rings. The topological polar surface area (TPSA) is 70.2 Å². The van der Waals surface area contributed by atoms with Crippen LogP contribution in [0.1, 0.15) is 44.4 Å². The first-order chi connectivity index (χ1) is 21.0. The molecule has 0 N–H and O–H groups in total. The predicted octanol–water partition coefficient (Wildman–Crippen LogP) is 7.69. The second-order valence-electron chi connectivity index (χ2n) is 12.0. The van der Waals surface area contributed by atoms with E-state index in [0.717, 1.165) is 22.5 Å². The van der Waals surface area contributed by atoms with Crippen LogP contribution in [0.2, 0.25) is 5.02 Å². The van der Waals surface area contributed by atoms with Crippen LogP contribution in [0.3, 0.4) is 0 Å².